The SMILES string of the molecule is CCc1nnsc1-c1nncn1CC. The van der Waals surface area contributed by atoms with E-state index >= 15 is 0 Å². The van der Waals surface area contributed by atoms with Gasteiger partial charge in [-0.25, -0.2) is 0 Å². The molecule has 6 heteroatoms. The minimum atomic E-state index is 0.864. The van der Waals surface area contributed by atoms with E-state index in [-0.39, 0.29) is 0 Å². The summed E-state index contributed by atoms with van der Waals surface area (Å²) in [5.74, 6) is 0.874. The molecule has 0 radical (unpaired) electrons. The van der Waals surface area contributed by atoms with Crippen LogP contribution in [0, 0.1) is 0 Å². The fourth-order valence-electron chi connectivity index (χ4n) is 1.27. The molecule has 0 aliphatic carbocycles. The van der Waals surface area contributed by atoms with Crippen LogP contribution in [0.3, 0.4) is 0 Å². The van der Waals surface area contributed by atoms with E-state index < -0.39 is 0 Å². The maximum atomic E-state index is 4.08. The third-order valence-electron chi connectivity index (χ3n) is 2.05. The summed E-state index contributed by atoms with van der Waals surface area (Å²) in [6, 6.07) is 0. The third-order valence-corrected chi connectivity index (χ3v) is 2.81. The highest BCUT2D eigenvalue weighted by molar-refractivity contribution is 7.09. The van der Waals surface area contributed by atoms with Gasteiger partial charge < -0.3 is 4.57 Å². The lowest BCUT2D eigenvalue weighted by Crippen LogP contribution is -1.96. The normalized spacial score (nSPS) is 10.7. The summed E-state index contributed by atoms with van der Waals surface area (Å²) in [7, 11) is 0. The van der Waals surface area contributed by atoms with Crippen molar-refractivity contribution in [2.75, 3.05) is 0 Å². The third kappa shape index (κ3) is 1.41. The van der Waals surface area contributed by atoms with Crippen LogP contribution in [0.4, 0.5) is 0 Å². The first-order valence-corrected chi connectivity index (χ1v) is 5.33. The molecule has 0 aromatic carbocycles. The van der Waals surface area contributed by atoms with Gasteiger partial charge in [-0.1, -0.05) is 11.4 Å². The zero-order valence-corrected chi connectivity index (χ0v) is 8.95. The van der Waals surface area contributed by atoms with Gasteiger partial charge in [0, 0.05) is 6.54 Å². The molecule has 0 saturated heterocycles. The summed E-state index contributed by atoms with van der Waals surface area (Å²) >= 11 is 1.38. The Hall–Kier alpha value is -1.30. The molecular formula is C8H11N5S. The molecule has 74 valence electrons. The summed E-state index contributed by atoms with van der Waals surface area (Å²) in [5.41, 5.74) is 0.998. The van der Waals surface area contributed by atoms with Crippen LogP contribution >= 0.6 is 11.5 Å². The first-order valence-electron chi connectivity index (χ1n) is 4.56. The van der Waals surface area contributed by atoms with Crippen molar-refractivity contribution in [2.24, 2.45) is 0 Å². The lowest BCUT2D eigenvalue weighted by atomic mass is 10.3. The van der Waals surface area contributed by atoms with Crippen LogP contribution in [0.5, 0.6) is 0 Å². The van der Waals surface area contributed by atoms with E-state index in [2.05, 4.69) is 33.6 Å². The molecule has 0 atom stereocenters. The van der Waals surface area contributed by atoms with E-state index in [0.29, 0.717) is 0 Å². The van der Waals surface area contributed by atoms with Gasteiger partial charge in [0.25, 0.3) is 0 Å². The first-order chi connectivity index (χ1) is 6.86. The van der Waals surface area contributed by atoms with Gasteiger partial charge in [-0.3, -0.25) is 0 Å². The second-order valence-corrected chi connectivity index (χ2v) is 3.60. The Morgan fingerprint density at radius 2 is 2.21 bits per heavy atom. The molecule has 0 fully saturated rings. The molecule has 2 heterocycles. The van der Waals surface area contributed by atoms with Crippen molar-refractivity contribution < 1.29 is 0 Å². The number of hydrogen-bond donors (Lipinski definition) is 0. The van der Waals surface area contributed by atoms with Gasteiger partial charge in [-0.2, -0.15) is 0 Å². The topological polar surface area (TPSA) is 56.5 Å². The van der Waals surface area contributed by atoms with Crippen molar-refractivity contribution in [3.63, 3.8) is 0 Å². The second kappa shape index (κ2) is 3.83. The molecule has 2 aromatic rings. The average Bonchev–Trinajstić information content (AvgIpc) is 2.85. The van der Waals surface area contributed by atoms with Crippen LogP contribution in [0.1, 0.15) is 19.5 Å². The molecule has 0 aliphatic rings. The second-order valence-electron chi connectivity index (χ2n) is 2.84. The Bertz CT molecular complexity index is 379. The first kappa shape index (κ1) is 9.26. The molecule has 5 nitrogen and oxygen atoms in total. The molecule has 0 aliphatic heterocycles. The van der Waals surface area contributed by atoms with Crippen molar-refractivity contribution in [2.45, 2.75) is 26.8 Å². The molecule has 0 unspecified atom stereocenters. The number of hydrogen-bond acceptors (Lipinski definition) is 5. The minimum absolute atomic E-state index is 0.864. The average molecular weight is 209 g/mol. The van der Waals surface area contributed by atoms with Gasteiger partial charge in [0.2, 0.25) is 0 Å². The van der Waals surface area contributed by atoms with Crippen LogP contribution in [0.15, 0.2) is 6.33 Å². The highest BCUT2D eigenvalue weighted by Gasteiger charge is 2.13. The fraction of sp³-hybridized carbons (Fsp3) is 0.500. The van der Waals surface area contributed by atoms with Gasteiger partial charge in [0.05, 0.1) is 5.69 Å². The summed E-state index contributed by atoms with van der Waals surface area (Å²) in [4.78, 5) is 1.03. The quantitative estimate of drug-likeness (QED) is 0.766. The maximum Gasteiger partial charge on any atom is 0.177 e. The molecule has 0 spiro atoms. The molecule has 2 aromatic heterocycles. The van der Waals surface area contributed by atoms with Crippen molar-refractivity contribution in [1.82, 2.24) is 24.4 Å². The Balaban J connectivity index is 2.48. The lowest BCUT2D eigenvalue weighted by Gasteiger charge is -2.00. The smallest absolute Gasteiger partial charge is 0.177 e. The molecule has 14 heavy (non-hydrogen) atoms. The van der Waals surface area contributed by atoms with Crippen molar-refractivity contribution >= 4 is 11.5 Å². The van der Waals surface area contributed by atoms with Crippen molar-refractivity contribution in [3.8, 4) is 10.7 Å². The number of aromatic nitrogens is 5. The van der Waals surface area contributed by atoms with E-state index in [1.54, 1.807) is 6.33 Å². The zero-order valence-electron chi connectivity index (χ0n) is 8.14. The Morgan fingerprint density at radius 1 is 1.36 bits per heavy atom. The largest absolute Gasteiger partial charge is 0.313 e. The van der Waals surface area contributed by atoms with Gasteiger partial charge in [-0.05, 0) is 24.9 Å². The predicted octanol–water partition coefficient (Wildman–Crippen LogP) is 1.38. The maximum absolute atomic E-state index is 4.08. The van der Waals surface area contributed by atoms with Crippen LogP contribution in [0.2, 0.25) is 0 Å². The van der Waals surface area contributed by atoms with Crippen LogP contribution in [0.25, 0.3) is 10.7 Å². The zero-order chi connectivity index (χ0) is 9.97. The predicted molar refractivity (Wildman–Crippen MR) is 54.0 cm³/mol. The molecule has 0 N–H and O–H groups in total. The fourth-order valence-corrected chi connectivity index (χ4v) is 2.02. The Kier molecular flexibility index (Phi) is 2.53. The standard InChI is InChI=1S/C8H11N5S/c1-3-6-7(14-12-10-6)8-11-9-5-13(8)4-2/h5H,3-4H2,1-2H3. The Morgan fingerprint density at radius 3 is 2.93 bits per heavy atom. The van der Waals surface area contributed by atoms with Gasteiger partial charge in [0.15, 0.2) is 5.82 Å². The molecule has 0 amide bonds. The summed E-state index contributed by atoms with van der Waals surface area (Å²) in [6.45, 7) is 4.99. The van der Waals surface area contributed by atoms with Gasteiger partial charge >= 0.3 is 0 Å². The summed E-state index contributed by atoms with van der Waals surface area (Å²) in [5, 5.41) is 12.0. The molecular weight excluding hydrogens is 198 g/mol. The van der Waals surface area contributed by atoms with Gasteiger partial charge in [0.1, 0.15) is 11.2 Å². The van der Waals surface area contributed by atoms with E-state index in [0.717, 1.165) is 29.4 Å². The van der Waals surface area contributed by atoms with E-state index in [4.69, 9.17) is 0 Å². The van der Waals surface area contributed by atoms with Crippen molar-refractivity contribution in [3.05, 3.63) is 12.0 Å². The highest BCUT2D eigenvalue weighted by Crippen LogP contribution is 2.23. The van der Waals surface area contributed by atoms with Crippen LogP contribution in [-0.2, 0) is 13.0 Å². The van der Waals surface area contributed by atoms with E-state index in [1.807, 2.05) is 4.57 Å². The van der Waals surface area contributed by atoms with Gasteiger partial charge in [-0.15, -0.1) is 15.3 Å². The van der Waals surface area contributed by atoms with Crippen molar-refractivity contribution in [1.29, 1.82) is 0 Å². The molecule has 0 bridgehead atoms. The Labute approximate surface area is 86.0 Å². The van der Waals surface area contributed by atoms with Crippen LogP contribution < -0.4 is 0 Å². The summed E-state index contributed by atoms with van der Waals surface area (Å²) < 4.78 is 5.93. The number of aryl methyl sites for hydroxylation is 2. The van der Waals surface area contributed by atoms with E-state index in [1.165, 1.54) is 11.5 Å². The van der Waals surface area contributed by atoms with E-state index in [9.17, 15) is 0 Å². The monoisotopic (exact) mass is 209 g/mol. The highest BCUT2D eigenvalue weighted by atomic mass is 32.1. The number of nitrogens with zero attached hydrogens (tertiary/aromatic N) is 5. The summed E-state index contributed by atoms with van der Waals surface area (Å²) in [6.07, 6.45) is 2.61. The van der Waals surface area contributed by atoms with Crippen LogP contribution in [-0.4, -0.2) is 24.4 Å². The molecule has 2 rings (SSSR count). The number of rotatable bonds is 3. The molecule has 0 saturated carbocycles. The minimum Gasteiger partial charge on any atom is -0.313 e. The lowest BCUT2D eigenvalue weighted by molar-refractivity contribution is 0.767.